The number of hydrogen-bond acceptors (Lipinski definition) is 4. The first-order valence-electron chi connectivity index (χ1n) is 5.11. The van der Waals surface area contributed by atoms with Gasteiger partial charge in [-0.3, -0.25) is 0 Å². The molecule has 2 rings (SSSR count). The second-order valence-electron chi connectivity index (χ2n) is 3.91. The van der Waals surface area contributed by atoms with Gasteiger partial charge in [-0.2, -0.15) is 0 Å². The van der Waals surface area contributed by atoms with Crippen molar-refractivity contribution < 1.29 is 8.42 Å². The Morgan fingerprint density at radius 3 is 2.88 bits per heavy atom. The second kappa shape index (κ2) is 4.69. The van der Waals surface area contributed by atoms with E-state index in [4.69, 9.17) is 11.6 Å². The van der Waals surface area contributed by atoms with Gasteiger partial charge in [0.2, 0.25) is 0 Å². The van der Waals surface area contributed by atoms with Crippen molar-refractivity contribution in [2.75, 3.05) is 13.1 Å². The van der Waals surface area contributed by atoms with E-state index in [1.807, 2.05) is 0 Å². The molecule has 6 heteroatoms. The lowest BCUT2D eigenvalue weighted by atomic mass is 10.3. The van der Waals surface area contributed by atoms with Crippen molar-refractivity contribution in [2.24, 2.45) is 0 Å². The molecule has 1 aliphatic rings. The molecule has 1 saturated heterocycles. The molecular weight excluding hydrogens is 248 g/mol. The van der Waals surface area contributed by atoms with Gasteiger partial charge in [0.1, 0.15) is 5.15 Å². The van der Waals surface area contributed by atoms with Gasteiger partial charge in [0, 0.05) is 12.7 Å². The monoisotopic (exact) mass is 260 g/mol. The zero-order valence-corrected chi connectivity index (χ0v) is 10.3. The van der Waals surface area contributed by atoms with Gasteiger partial charge in [-0.15, -0.1) is 0 Å². The number of sulfone groups is 1. The third-order valence-corrected chi connectivity index (χ3v) is 5.06. The Hall–Kier alpha value is -0.650. The summed E-state index contributed by atoms with van der Waals surface area (Å²) in [5.74, 6) is 0.0452. The van der Waals surface area contributed by atoms with Crippen molar-refractivity contribution in [1.29, 1.82) is 0 Å². The van der Waals surface area contributed by atoms with Crippen molar-refractivity contribution in [3.63, 3.8) is 0 Å². The fraction of sp³-hybridized carbons (Fsp3) is 0.500. The van der Waals surface area contributed by atoms with Crippen LogP contribution in [-0.4, -0.2) is 31.7 Å². The Balaban J connectivity index is 2.11. The molecule has 16 heavy (non-hydrogen) atoms. The van der Waals surface area contributed by atoms with Gasteiger partial charge in [-0.1, -0.05) is 17.7 Å². The molecule has 88 valence electrons. The van der Waals surface area contributed by atoms with Gasteiger partial charge >= 0.3 is 0 Å². The van der Waals surface area contributed by atoms with E-state index in [-0.39, 0.29) is 11.0 Å². The van der Waals surface area contributed by atoms with Gasteiger partial charge in [0.15, 0.2) is 9.84 Å². The minimum absolute atomic E-state index is 0.0452. The van der Waals surface area contributed by atoms with Crippen molar-refractivity contribution in [3.8, 4) is 0 Å². The molecule has 0 radical (unpaired) electrons. The third-order valence-electron chi connectivity index (χ3n) is 2.68. The summed E-state index contributed by atoms with van der Waals surface area (Å²) in [6.07, 6.45) is 2.21. The van der Waals surface area contributed by atoms with Crippen LogP contribution in [0.3, 0.4) is 0 Å². The van der Waals surface area contributed by atoms with Crippen LogP contribution in [0.1, 0.15) is 12.0 Å². The predicted molar refractivity (Wildman–Crippen MR) is 63.1 cm³/mol. The Morgan fingerprint density at radius 1 is 1.50 bits per heavy atom. The summed E-state index contributed by atoms with van der Waals surface area (Å²) < 4.78 is 24.0. The second-order valence-corrected chi connectivity index (χ2v) is 6.58. The lowest BCUT2D eigenvalue weighted by Crippen LogP contribution is -2.25. The number of pyridine rings is 1. The van der Waals surface area contributed by atoms with Gasteiger partial charge in [-0.05, 0) is 24.6 Å². The number of halogens is 1. The Labute approximate surface area is 99.9 Å². The summed E-state index contributed by atoms with van der Waals surface area (Å²) in [5, 5.41) is 3.17. The summed E-state index contributed by atoms with van der Waals surface area (Å²) in [5.41, 5.74) is 0.691. The molecule has 0 bridgehead atoms. The topological polar surface area (TPSA) is 59.1 Å². The quantitative estimate of drug-likeness (QED) is 0.825. The zero-order chi connectivity index (χ0) is 11.6. The molecule has 0 unspecified atom stereocenters. The van der Waals surface area contributed by atoms with Crippen LogP contribution in [0, 0.1) is 0 Å². The Bertz CT molecular complexity index is 452. The van der Waals surface area contributed by atoms with Gasteiger partial charge < -0.3 is 5.32 Å². The molecule has 0 aromatic carbocycles. The normalized spacial score (nSPS) is 21.2. The van der Waals surface area contributed by atoms with Gasteiger partial charge in [-0.25, -0.2) is 13.4 Å². The average Bonchev–Trinajstić information content (AvgIpc) is 2.75. The van der Waals surface area contributed by atoms with E-state index in [2.05, 4.69) is 10.3 Å². The minimum Gasteiger partial charge on any atom is -0.315 e. The van der Waals surface area contributed by atoms with Crippen LogP contribution in [0.15, 0.2) is 18.3 Å². The maximum absolute atomic E-state index is 12.0. The SMILES string of the molecule is O=S(=O)(Cc1ccc(Cl)nc1)[C@@H]1CCNC1. The molecule has 1 atom stereocenters. The van der Waals surface area contributed by atoms with Crippen LogP contribution in [0.25, 0.3) is 0 Å². The van der Waals surface area contributed by atoms with Crippen LogP contribution < -0.4 is 5.32 Å². The summed E-state index contributed by atoms with van der Waals surface area (Å²) >= 11 is 5.64. The van der Waals surface area contributed by atoms with Crippen molar-refractivity contribution in [3.05, 3.63) is 29.0 Å². The Kier molecular flexibility index (Phi) is 3.47. The fourth-order valence-corrected chi connectivity index (χ4v) is 3.61. The van der Waals surface area contributed by atoms with Crippen LogP contribution in [0.4, 0.5) is 0 Å². The van der Waals surface area contributed by atoms with Crippen molar-refractivity contribution in [2.45, 2.75) is 17.4 Å². The smallest absolute Gasteiger partial charge is 0.158 e. The van der Waals surface area contributed by atoms with E-state index < -0.39 is 9.84 Å². The molecule has 1 fully saturated rings. The summed E-state index contributed by atoms with van der Waals surface area (Å²) in [4.78, 5) is 3.88. The molecule has 0 spiro atoms. The van der Waals surface area contributed by atoms with E-state index in [9.17, 15) is 8.42 Å². The first-order chi connectivity index (χ1) is 7.58. The maximum atomic E-state index is 12.0. The average molecular weight is 261 g/mol. The molecule has 0 saturated carbocycles. The first kappa shape index (κ1) is 11.8. The largest absolute Gasteiger partial charge is 0.315 e. The highest BCUT2D eigenvalue weighted by atomic mass is 35.5. The van der Waals surface area contributed by atoms with E-state index in [0.717, 1.165) is 6.54 Å². The van der Waals surface area contributed by atoms with Crippen LogP contribution in [0.5, 0.6) is 0 Å². The van der Waals surface area contributed by atoms with Gasteiger partial charge in [0.05, 0.1) is 11.0 Å². The molecular formula is C10H13ClN2O2S. The molecule has 0 amide bonds. The zero-order valence-electron chi connectivity index (χ0n) is 8.69. The highest BCUT2D eigenvalue weighted by Gasteiger charge is 2.28. The molecule has 4 nitrogen and oxygen atoms in total. The maximum Gasteiger partial charge on any atom is 0.158 e. The highest BCUT2D eigenvalue weighted by molar-refractivity contribution is 7.91. The number of rotatable bonds is 3. The summed E-state index contributed by atoms with van der Waals surface area (Å²) in [6.45, 7) is 1.34. The molecule has 0 aliphatic carbocycles. The van der Waals surface area contributed by atoms with E-state index in [0.29, 0.717) is 23.7 Å². The molecule has 1 N–H and O–H groups in total. The summed E-state index contributed by atoms with van der Waals surface area (Å²) in [7, 11) is -3.07. The van der Waals surface area contributed by atoms with Crippen molar-refractivity contribution >= 4 is 21.4 Å². The van der Waals surface area contributed by atoms with Crippen molar-refractivity contribution in [1.82, 2.24) is 10.3 Å². The summed E-state index contributed by atoms with van der Waals surface area (Å²) in [6, 6.07) is 3.31. The van der Waals surface area contributed by atoms with Gasteiger partial charge in [0.25, 0.3) is 0 Å². The number of hydrogen-bond donors (Lipinski definition) is 1. The predicted octanol–water partition coefficient (Wildman–Crippen LogP) is 1.01. The molecule has 1 aromatic rings. The minimum atomic E-state index is -3.07. The number of nitrogens with zero attached hydrogens (tertiary/aromatic N) is 1. The standard InChI is InChI=1S/C10H13ClN2O2S/c11-10-2-1-8(5-13-10)7-16(14,15)9-3-4-12-6-9/h1-2,5,9,12H,3-4,6-7H2/t9-/m1/s1. The van der Waals surface area contributed by atoms with Crippen LogP contribution in [0.2, 0.25) is 5.15 Å². The molecule has 1 aliphatic heterocycles. The Morgan fingerprint density at radius 2 is 2.31 bits per heavy atom. The van der Waals surface area contributed by atoms with E-state index in [1.54, 1.807) is 12.1 Å². The van der Waals surface area contributed by atoms with E-state index in [1.165, 1.54) is 6.20 Å². The fourth-order valence-electron chi connectivity index (χ4n) is 1.78. The third kappa shape index (κ3) is 2.72. The van der Waals surface area contributed by atoms with E-state index >= 15 is 0 Å². The first-order valence-corrected chi connectivity index (χ1v) is 7.20. The van der Waals surface area contributed by atoms with Crippen LogP contribution in [-0.2, 0) is 15.6 Å². The number of aromatic nitrogens is 1. The lowest BCUT2D eigenvalue weighted by molar-refractivity contribution is 0.582. The highest BCUT2D eigenvalue weighted by Crippen LogP contribution is 2.16. The molecule has 2 heterocycles. The number of nitrogens with one attached hydrogen (secondary N) is 1. The molecule has 1 aromatic heterocycles. The lowest BCUT2D eigenvalue weighted by Gasteiger charge is -2.09. The van der Waals surface area contributed by atoms with Crippen LogP contribution >= 0.6 is 11.6 Å².